The lowest BCUT2D eigenvalue weighted by molar-refractivity contribution is -0.223. The highest BCUT2D eigenvalue weighted by Crippen LogP contribution is 2.24. The second-order valence-corrected chi connectivity index (χ2v) is 14.7. The summed E-state index contributed by atoms with van der Waals surface area (Å²) >= 11 is 0. The number of hydrogen-bond donors (Lipinski definition) is 0. The molecule has 0 amide bonds. The second kappa shape index (κ2) is 22.8. The molecular weight excluding hydrogens is 860 g/mol. The first kappa shape index (κ1) is 49.5. The van der Waals surface area contributed by atoms with Crippen molar-refractivity contribution in [3.63, 3.8) is 0 Å². The fourth-order valence-electron chi connectivity index (χ4n) is 5.15. The van der Waals surface area contributed by atoms with Crippen molar-refractivity contribution < 1.29 is 96.4 Å². The van der Waals surface area contributed by atoms with Crippen LogP contribution in [0.1, 0.15) is 85.9 Å². The van der Waals surface area contributed by atoms with Gasteiger partial charge in [0, 0.05) is 0 Å². The van der Waals surface area contributed by atoms with Gasteiger partial charge in [-0.2, -0.15) is 19.2 Å². The topological polar surface area (TPSA) is 247 Å². The van der Waals surface area contributed by atoms with Crippen LogP contribution >= 0.6 is 0 Å². The summed E-state index contributed by atoms with van der Waals surface area (Å²) in [6.07, 6.45) is -6.75. The molecule has 0 saturated heterocycles. The maximum absolute atomic E-state index is 12.7. The number of aryl methyl sites for hydroxylation is 8. The lowest BCUT2D eigenvalue weighted by Gasteiger charge is -2.30. The summed E-state index contributed by atoms with van der Waals surface area (Å²) in [5.74, 6) is -4.39. The molecule has 344 valence electrons. The summed E-state index contributed by atoms with van der Waals surface area (Å²) in [5, 5.41) is 0. The van der Waals surface area contributed by atoms with Gasteiger partial charge in [-0.1, -0.05) is 24.3 Å². The van der Waals surface area contributed by atoms with Crippen LogP contribution in [-0.2, 0) is 58.0 Å². The predicted octanol–water partition coefficient (Wildman–Crippen LogP) is 8.14. The monoisotopic (exact) mass is 904 g/mol. The Hall–Kier alpha value is -8.16. The third-order valence-electron chi connectivity index (χ3n) is 9.70. The molecule has 4 rings (SSSR count). The molecule has 0 aliphatic carbocycles. The summed E-state index contributed by atoms with van der Waals surface area (Å²) in [6.45, 7) is 9.77. The van der Waals surface area contributed by atoms with Gasteiger partial charge < -0.3 is 18.9 Å². The average Bonchev–Trinajstić information content (AvgIpc) is 3.28. The molecule has 20 nitrogen and oxygen atoms in total. The molecule has 0 aliphatic heterocycles. The van der Waals surface area contributed by atoms with Crippen molar-refractivity contribution in [1.82, 2.24) is 0 Å². The number of ether oxygens (including phenoxy) is 4. The van der Waals surface area contributed by atoms with Crippen molar-refractivity contribution in [3.8, 4) is 0 Å². The molecule has 0 unspecified atom stereocenters. The third-order valence-corrected chi connectivity index (χ3v) is 9.70. The second-order valence-electron chi connectivity index (χ2n) is 14.7. The zero-order valence-electron chi connectivity index (χ0n) is 36.4. The van der Waals surface area contributed by atoms with E-state index in [1.807, 2.05) is 0 Å². The number of rotatable bonds is 12. The summed E-state index contributed by atoms with van der Waals surface area (Å²) in [6, 6.07) is 18.0. The molecule has 0 saturated carbocycles. The van der Waals surface area contributed by atoms with Crippen molar-refractivity contribution in [3.05, 3.63) is 140 Å². The minimum absolute atomic E-state index is 0.00984. The van der Waals surface area contributed by atoms with Gasteiger partial charge in [-0.15, -0.1) is 0 Å². The molecule has 0 radical (unpaired) electrons. The number of benzene rings is 4. The molecule has 0 aliphatic rings. The minimum Gasteiger partial charge on any atom is -0.431 e. The molecule has 0 aromatic heterocycles. The molecule has 0 bridgehead atoms. The van der Waals surface area contributed by atoms with Crippen LogP contribution < -0.4 is 0 Å². The van der Waals surface area contributed by atoms with Gasteiger partial charge in [0.1, 0.15) is 31.8 Å². The summed E-state index contributed by atoms with van der Waals surface area (Å²) in [7, 11) is 0. The van der Waals surface area contributed by atoms with Crippen LogP contribution in [0.2, 0.25) is 0 Å². The molecule has 0 fully saturated rings. The van der Waals surface area contributed by atoms with Gasteiger partial charge in [0.05, 0.1) is 22.3 Å². The standard InChI is InChI=1S/C45H44O20/c1-25-9-13-33(17-29(25)5)37(46)58-62-41(50)54-21-45(22-55-42(51)63-59-38(47)34-14-10-26(2)30(6)18-34,23-56-43(52)64-60-39(48)35-15-11-27(3)31(7)19-35)24-57-44(53)65-61-40(49)36-16-12-28(4)32(8)20-36/h9-20H,21-24H2,1-8H3. The van der Waals surface area contributed by atoms with E-state index in [4.69, 9.17) is 18.9 Å². The first-order chi connectivity index (χ1) is 30.7. The van der Waals surface area contributed by atoms with E-state index in [-0.39, 0.29) is 22.3 Å². The quantitative estimate of drug-likeness (QED) is 0.0563. The van der Waals surface area contributed by atoms with Crippen LogP contribution in [0.3, 0.4) is 0 Å². The maximum Gasteiger partial charge on any atom is 0.549 e. The zero-order valence-corrected chi connectivity index (χ0v) is 36.4. The SMILES string of the molecule is Cc1ccc(C(=O)OOC(=O)OCC(COC(=O)OOC(=O)c2ccc(C)c(C)c2)(COC(=O)OOC(=O)c2ccc(C)c(C)c2)COC(=O)OOC(=O)c2ccc(C)c(C)c2)cc1C. The molecule has 4 aromatic rings. The summed E-state index contributed by atoms with van der Waals surface area (Å²) in [5.41, 5.74) is 4.15. The molecule has 65 heavy (non-hydrogen) atoms. The Bertz CT molecular complexity index is 2110. The average molecular weight is 905 g/mol. The fraction of sp³-hybridized carbons (Fsp3) is 0.289. The van der Waals surface area contributed by atoms with Crippen LogP contribution in [0.4, 0.5) is 19.2 Å². The normalized spacial score (nSPS) is 10.6. The molecule has 0 spiro atoms. The van der Waals surface area contributed by atoms with Gasteiger partial charge in [0.2, 0.25) is 0 Å². The van der Waals surface area contributed by atoms with Crippen LogP contribution in [0.5, 0.6) is 0 Å². The number of carbonyl (C=O) groups is 8. The maximum atomic E-state index is 12.7. The van der Waals surface area contributed by atoms with Gasteiger partial charge in [-0.25, -0.2) is 58.3 Å². The highest BCUT2D eigenvalue weighted by Gasteiger charge is 2.40. The van der Waals surface area contributed by atoms with Gasteiger partial charge in [-0.05, 0) is 148 Å². The molecule has 4 aromatic carbocycles. The Kier molecular flexibility index (Phi) is 17.4. The lowest BCUT2D eigenvalue weighted by atomic mass is 9.92. The molecule has 0 atom stereocenters. The van der Waals surface area contributed by atoms with Gasteiger partial charge in [0.15, 0.2) is 0 Å². The van der Waals surface area contributed by atoms with Crippen molar-refractivity contribution >= 4 is 48.5 Å². The predicted molar refractivity (Wildman–Crippen MR) is 217 cm³/mol. The fourth-order valence-corrected chi connectivity index (χ4v) is 5.15. The van der Waals surface area contributed by atoms with E-state index in [2.05, 4.69) is 39.1 Å². The molecular formula is C45H44O20. The zero-order chi connectivity index (χ0) is 47.8. The van der Waals surface area contributed by atoms with Crippen LogP contribution in [-0.4, -0.2) is 74.9 Å². The summed E-state index contributed by atoms with van der Waals surface area (Å²) in [4.78, 5) is 138. The van der Waals surface area contributed by atoms with Crippen LogP contribution in [0.15, 0.2) is 72.8 Å². The Labute approximate surface area is 371 Å². The van der Waals surface area contributed by atoms with E-state index in [0.717, 1.165) is 44.5 Å². The first-order valence-corrected chi connectivity index (χ1v) is 19.3. The summed E-state index contributed by atoms with van der Waals surface area (Å²) < 4.78 is 20.3. The molecule has 0 heterocycles. The molecule has 0 N–H and O–H groups in total. The highest BCUT2D eigenvalue weighted by atomic mass is 17.3. The minimum atomic E-state index is -2.23. The number of hydrogen-bond acceptors (Lipinski definition) is 20. The van der Waals surface area contributed by atoms with Gasteiger partial charge >= 0.3 is 48.5 Å². The molecule has 20 heteroatoms. The highest BCUT2D eigenvalue weighted by molar-refractivity contribution is 5.91. The Morgan fingerprint density at radius 1 is 0.308 bits per heavy atom. The number of carbonyl (C=O) groups excluding carboxylic acids is 8. The van der Waals surface area contributed by atoms with Crippen molar-refractivity contribution in [2.24, 2.45) is 5.41 Å². The third kappa shape index (κ3) is 15.0. The van der Waals surface area contributed by atoms with E-state index < -0.39 is 80.3 Å². The Morgan fingerprint density at radius 3 is 0.692 bits per heavy atom. The first-order valence-electron chi connectivity index (χ1n) is 19.3. The van der Waals surface area contributed by atoms with Crippen molar-refractivity contribution in [2.45, 2.75) is 55.4 Å². The van der Waals surface area contributed by atoms with E-state index in [1.54, 1.807) is 79.7 Å². The van der Waals surface area contributed by atoms with Crippen LogP contribution in [0, 0.1) is 60.8 Å². The van der Waals surface area contributed by atoms with Gasteiger partial charge in [-0.3, -0.25) is 0 Å². The van der Waals surface area contributed by atoms with Crippen LogP contribution in [0.25, 0.3) is 0 Å². The Balaban J connectivity index is 1.52. The van der Waals surface area contributed by atoms with Crippen molar-refractivity contribution in [2.75, 3.05) is 26.4 Å². The van der Waals surface area contributed by atoms with Gasteiger partial charge in [0.25, 0.3) is 0 Å². The lowest BCUT2D eigenvalue weighted by Crippen LogP contribution is -2.44. The van der Waals surface area contributed by atoms with E-state index in [9.17, 15) is 38.4 Å². The van der Waals surface area contributed by atoms with E-state index in [1.165, 1.54) is 48.5 Å². The van der Waals surface area contributed by atoms with Crippen molar-refractivity contribution in [1.29, 1.82) is 0 Å². The Morgan fingerprint density at radius 2 is 0.508 bits per heavy atom. The largest absolute Gasteiger partial charge is 0.549 e. The van der Waals surface area contributed by atoms with E-state index >= 15 is 0 Å². The smallest absolute Gasteiger partial charge is 0.431 e. The van der Waals surface area contributed by atoms with E-state index in [0.29, 0.717) is 0 Å².